The average Bonchev–Trinajstić information content (AvgIpc) is 2.33. The van der Waals surface area contributed by atoms with Crippen LogP contribution in [0.25, 0.3) is 0 Å². The lowest BCUT2D eigenvalue weighted by atomic mass is 10.0. The number of rotatable bonds is 5. The zero-order valence-electron chi connectivity index (χ0n) is 10.4. The molecule has 0 unspecified atom stereocenters. The highest BCUT2D eigenvalue weighted by Gasteiger charge is 2.16. The van der Waals surface area contributed by atoms with Crippen LogP contribution >= 0.6 is 11.6 Å². The lowest BCUT2D eigenvalue weighted by Gasteiger charge is -2.13. The van der Waals surface area contributed by atoms with Crippen molar-refractivity contribution in [2.45, 2.75) is 26.7 Å². The average molecular weight is 270 g/mol. The standard InChI is InChI=1S/C13H16ClNO3/c1-3-8(4-2)12(16)15-11-6-5-9(13(17)18)7-10(11)14/h5-8H,3-4H2,1-2H3,(H,15,16)(H,17,18). The molecule has 18 heavy (non-hydrogen) atoms. The number of carboxylic acids is 1. The van der Waals surface area contributed by atoms with Crippen LogP contribution in [0.5, 0.6) is 0 Å². The number of hydrogen-bond donors (Lipinski definition) is 2. The second-order valence-corrected chi connectivity index (χ2v) is 4.41. The van der Waals surface area contributed by atoms with E-state index < -0.39 is 5.97 Å². The van der Waals surface area contributed by atoms with Gasteiger partial charge in [-0.25, -0.2) is 4.79 Å². The van der Waals surface area contributed by atoms with Crippen molar-refractivity contribution in [2.24, 2.45) is 5.92 Å². The Morgan fingerprint density at radius 1 is 1.33 bits per heavy atom. The molecule has 1 amide bonds. The summed E-state index contributed by atoms with van der Waals surface area (Å²) in [6, 6.07) is 4.25. The number of halogens is 1. The molecule has 1 aromatic carbocycles. The van der Waals surface area contributed by atoms with E-state index in [-0.39, 0.29) is 22.4 Å². The zero-order chi connectivity index (χ0) is 13.7. The first-order valence-electron chi connectivity index (χ1n) is 5.83. The number of carbonyl (C=O) groups excluding carboxylic acids is 1. The van der Waals surface area contributed by atoms with E-state index in [0.29, 0.717) is 5.69 Å². The van der Waals surface area contributed by atoms with Crippen molar-refractivity contribution in [3.8, 4) is 0 Å². The number of aromatic carboxylic acids is 1. The van der Waals surface area contributed by atoms with Gasteiger partial charge in [0.15, 0.2) is 0 Å². The summed E-state index contributed by atoms with van der Waals surface area (Å²) in [4.78, 5) is 22.6. The Kier molecular flexibility index (Phi) is 5.16. The monoisotopic (exact) mass is 269 g/mol. The molecule has 0 aliphatic heterocycles. The SMILES string of the molecule is CCC(CC)C(=O)Nc1ccc(C(=O)O)cc1Cl. The highest BCUT2D eigenvalue weighted by Crippen LogP contribution is 2.24. The van der Waals surface area contributed by atoms with Crippen LogP contribution in [-0.2, 0) is 4.79 Å². The van der Waals surface area contributed by atoms with Crippen LogP contribution in [0.4, 0.5) is 5.69 Å². The molecule has 0 atom stereocenters. The molecule has 5 heteroatoms. The summed E-state index contributed by atoms with van der Waals surface area (Å²) in [7, 11) is 0. The van der Waals surface area contributed by atoms with Crippen LogP contribution in [0, 0.1) is 5.92 Å². The van der Waals surface area contributed by atoms with Crippen molar-refractivity contribution in [2.75, 3.05) is 5.32 Å². The number of benzene rings is 1. The molecule has 4 nitrogen and oxygen atoms in total. The third-order valence-electron chi connectivity index (χ3n) is 2.83. The minimum atomic E-state index is -1.05. The Morgan fingerprint density at radius 3 is 2.39 bits per heavy atom. The molecular weight excluding hydrogens is 254 g/mol. The quantitative estimate of drug-likeness (QED) is 0.861. The molecule has 0 radical (unpaired) electrons. The van der Waals surface area contributed by atoms with Gasteiger partial charge in [0.1, 0.15) is 0 Å². The van der Waals surface area contributed by atoms with Crippen molar-refractivity contribution >= 4 is 29.2 Å². The summed E-state index contributed by atoms with van der Waals surface area (Å²) in [6.45, 7) is 3.89. The third kappa shape index (κ3) is 3.47. The number of nitrogens with one attached hydrogen (secondary N) is 1. The second-order valence-electron chi connectivity index (χ2n) is 4.00. The molecule has 0 heterocycles. The molecular formula is C13H16ClNO3. The molecule has 0 aromatic heterocycles. The maximum Gasteiger partial charge on any atom is 0.335 e. The fourth-order valence-electron chi connectivity index (χ4n) is 1.64. The van der Waals surface area contributed by atoms with E-state index >= 15 is 0 Å². The van der Waals surface area contributed by atoms with Crippen LogP contribution in [0.2, 0.25) is 5.02 Å². The van der Waals surface area contributed by atoms with Gasteiger partial charge in [-0.15, -0.1) is 0 Å². The minimum absolute atomic E-state index is 0.0554. The number of carbonyl (C=O) groups is 2. The van der Waals surface area contributed by atoms with Gasteiger partial charge >= 0.3 is 5.97 Å². The van der Waals surface area contributed by atoms with Crippen LogP contribution in [0.1, 0.15) is 37.0 Å². The Bertz CT molecular complexity index is 456. The van der Waals surface area contributed by atoms with E-state index in [1.807, 2.05) is 13.8 Å². The first kappa shape index (κ1) is 14.5. The van der Waals surface area contributed by atoms with E-state index in [2.05, 4.69) is 5.32 Å². The number of anilines is 1. The number of carboxylic acid groups (broad SMARTS) is 1. The van der Waals surface area contributed by atoms with Crippen LogP contribution in [0.3, 0.4) is 0 Å². The van der Waals surface area contributed by atoms with E-state index in [9.17, 15) is 9.59 Å². The van der Waals surface area contributed by atoms with Gasteiger partial charge in [-0.1, -0.05) is 25.4 Å². The van der Waals surface area contributed by atoms with Gasteiger partial charge in [-0.05, 0) is 31.0 Å². The molecule has 0 fully saturated rings. The molecule has 98 valence electrons. The smallest absolute Gasteiger partial charge is 0.335 e. The van der Waals surface area contributed by atoms with Gasteiger partial charge in [0.25, 0.3) is 0 Å². The fraction of sp³-hybridized carbons (Fsp3) is 0.385. The van der Waals surface area contributed by atoms with Crippen LogP contribution in [0.15, 0.2) is 18.2 Å². The molecule has 0 bridgehead atoms. The van der Waals surface area contributed by atoms with Crippen molar-refractivity contribution in [3.05, 3.63) is 28.8 Å². The van der Waals surface area contributed by atoms with E-state index in [1.165, 1.54) is 18.2 Å². The van der Waals surface area contributed by atoms with Crippen molar-refractivity contribution in [3.63, 3.8) is 0 Å². The van der Waals surface area contributed by atoms with Gasteiger partial charge in [-0.2, -0.15) is 0 Å². The largest absolute Gasteiger partial charge is 0.478 e. The van der Waals surface area contributed by atoms with Crippen molar-refractivity contribution < 1.29 is 14.7 Å². The van der Waals surface area contributed by atoms with Crippen LogP contribution in [-0.4, -0.2) is 17.0 Å². The van der Waals surface area contributed by atoms with Gasteiger partial charge in [-0.3, -0.25) is 4.79 Å². The van der Waals surface area contributed by atoms with Crippen molar-refractivity contribution in [1.29, 1.82) is 0 Å². The maximum atomic E-state index is 11.9. The molecule has 1 rings (SSSR count). The highest BCUT2D eigenvalue weighted by atomic mass is 35.5. The molecule has 2 N–H and O–H groups in total. The first-order chi connectivity index (χ1) is 8.49. The summed E-state index contributed by atoms with van der Waals surface area (Å²) in [5.41, 5.74) is 0.541. The second kappa shape index (κ2) is 6.40. The van der Waals surface area contributed by atoms with E-state index in [0.717, 1.165) is 12.8 Å². The van der Waals surface area contributed by atoms with E-state index in [1.54, 1.807) is 0 Å². The number of hydrogen-bond acceptors (Lipinski definition) is 2. The summed E-state index contributed by atoms with van der Waals surface area (Å²) < 4.78 is 0. The first-order valence-corrected chi connectivity index (χ1v) is 6.21. The highest BCUT2D eigenvalue weighted by molar-refractivity contribution is 6.34. The van der Waals surface area contributed by atoms with Gasteiger partial charge in [0, 0.05) is 5.92 Å². The molecule has 0 saturated carbocycles. The Morgan fingerprint density at radius 2 is 1.94 bits per heavy atom. The summed E-state index contributed by atoms with van der Waals surface area (Å²) >= 11 is 5.93. The number of amides is 1. The summed E-state index contributed by atoms with van der Waals surface area (Å²) in [6.07, 6.45) is 1.51. The van der Waals surface area contributed by atoms with E-state index in [4.69, 9.17) is 16.7 Å². The zero-order valence-corrected chi connectivity index (χ0v) is 11.1. The van der Waals surface area contributed by atoms with Gasteiger partial charge in [0.2, 0.25) is 5.91 Å². The minimum Gasteiger partial charge on any atom is -0.478 e. The molecule has 0 spiro atoms. The Hall–Kier alpha value is -1.55. The Labute approximate surface area is 111 Å². The van der Waals surface area contributed by atoms with Crippen molar-refractivity contribution in [1.82, 2.24) is 0 Å². The van der Waals surface area contributed by atoms with Gasteiger partial charge < -0.3 is 10.4 Å². The molecule has 0 saturated heterocycles. The molecule has 1 aromatic rings. The molecule has 0 aliphatic carbocycles. The summed E-state index contributed by atoms with van der Waals surface area (Å²) in [5.74, 6) is -1.19. The van der Waals surface area contributed by atoms with Crippen LogP contribution < -0.4 is 5.32 Å². The molecule has 0 aliphatic rings. The maximum absolute atomic E-state index is 11.9. The topological polar surface area (TPSA) is 66.4 Å². The fourth-order valence-corrected chi connectivity index (χ4v) is 1.87. The Balaban J connectivity index is 2.86. The lowest BCUT2D eigenvalue weighted by Crippen LogP contribution is -2.21. The lowest BCUT2D eigenvalue weighted by molar-refractivity contribution is -0.120. The predicted molar refractivity (Wildman–Crippen MR) is 71.1 cm³/mol. The third-order valence-corrected chi connectivity index (χ3v) is 3.14. The predicted octanol–water partition coefficient (Wildman–Crippen LogP) is 3.41. The van der Waals surface area contributed by atoms with Gasteiger partial charge in [0.05, 0.1) is 16.3 Å². The summed E-state index contributed by atoms with van der Waals surface area (Å²) in [5, 5.41) is 11.7. The normalized spacial score (nSPS) is 10.4.